The summed E-state index contributed by atoms with van der Waals surface area (Å²) in [6.45, 7) is 3.97. The summed E-state index contributed by atoms with van der Waals surface area (Å²) in [6.07, 6.45) is 0. The second kappa shape index (κ2) is 5.88. The zero-order chi connectivity index (χ0) is 13.1. The van der Waals surface area contributed by atoms with Crippen molar-refractivity contribution in [2.45, 2.75) is 18.7 Å². The van der Waals surface area contributed by atoms with Crippen molar-refractivity contribution >= 4 is 34.4 Å². The molecular weight excluding hydrogens is 359 g/mol. The highest BCUT2D eigenvalue weighted by Gasteiger charge is 2.06. The highest BCUT2D eigenvalue weighted by molar-refractivity contribution is 14.1. The second-order valence-corrected chi connectivity index (χ2v) is 6.19. The minimum absolute atomic E-state index is 0.0786. The number of halogens is 1. The molecule has 0 radical (unpaired) electrons. The molecule has 0 aliphatic heterocycles. The van der Waals surface area contributed by atoms with Crippen LogP contribution in [0.15, 0.2) is 34.0 Å². The molecule has 0 aliphatic carbocycles. The molecule has 0 amide bonds. The van der Waals surface area contributed by atoms with Gasteiger partial charge in [-0.1, -0.05) is 19.1 Å². The van der Waals surface area contributed by atoms with E-state index in [1.54, 1.807) is 11.8 Å². The van der Waals surface area contributed by atoms with Crippen LogP contribution in [0.2, 0.25) is 0 Å². The molecule has 0 unspecified atom stereocenters. The number of rotatable bonds is 3. The maximum atomic E-state index is 11.7. The Labute approximate surface area is 124 Å². The number of thioether (sulfide) groups is 1. The van der Waals surface area contributed by atoms with Crippen LogP contribution in [0.5, 0.6) is 0 Å². The largest absolute Gasteiger partial charge is 0.306 e. The van der Waals surface area contributed by atoms with Crippen LogP contribution in [-0.4, -0.2) is 15.7 Å². The summed E-state index contributed by atoms with van der Waals surface area (Å²) < 4.78 is 0.648. The van der Waals surface area contributed by atoms with Gasteiger partial charge in [-0.3, -0.25) is 4.79 Å². The van der Waals surface area contributed by atoms with Crippen molar-refractivity contribution in [2.24, 2.45) is 0 Å². The fourth-order valence-corrected chi connectivity index (χ4v) is 2.50. The molecule has 0 spiro atoms. The molecule has 3 nitrogen and oxygen atoms in total. The smallest absolute Gasteiger partial charge is 0.264 e. The highest BCUT2D eigenvalue weighted by atomic mass is 127. The molecule has 1 aromatic carbocycles. The first-order valence-electron chi connectivity index (χ1n) is 5.61. The molecule has 94 valence electrons. The summed E-state index contributed by atoms with van der Waals surface area (Å²) >= 11 is 3.81. The van der Waals surface area contributed by atoms with Crippen molar-refractivity contribution < 1.29 is 0 Å². The van der Waals surface area contributed by atoms with Gasteiger partial charge in [0, 0.05) is 10.5 Å². The van der Waals surface area contributed by atoms with E-state index in [-0.39, 0.29) is 5.56 Å². The third-order valence-electron chi connectivity index (χ3n) is 2.47. The molecule has 0 fully saturated rings. The van der Waals surface area contributed by atoms with Crippen molar-refractivity contribution in [3.05, 3.63) is 43.9 Å². The molecule has 5 heteroatoms. The van der Waals surface area contributed by atoms with E-state index in [9.17, 15) is 4.79 Å². The van der Waals surface area contributed by atoms with Crippen LogP contribution in [0, 0.1) is 10.5 Å². The Balaban J connectivity index is 2.40. The van der Waals surface area contributed by atoms with E-state index in [1.807, 2.05) is 41.6 Å². The number of nitrogens with zero attached hydrogens (tertiary/aromatic N) is 1. The summed E-state index contributed by atoms with van der Waals surface area (Å²) in [5.74, 6) is 1.68. The molecule has 0 saturated carbocycles. The van der Waals surface area contributed by atoms with Crippen LogP contribution in [0.1, 0.15) is 12.6 Å². The number of H-pyrrole nitrogens is 1. The van der Waals surface area contributed by atoms with Gasteiger partial charge in [0.05, 0.1) is 9.26 Å². The van der Waals surface area contributed by atoms with Crippen LogP contribution in [0.4, 0.5) is 0 Å². The van der Waals surface area contributed by atoms with Gasteiger partial charge in [-0.05, 0) is 47.4 Å². The van der Waals surface area contributed by atoms with E-state index in [4.69, 9.17) is 0 Å². The van der Waals surface area contributed by atoms with Gasteiger partial charge in [0.25, 0.3) is 5.56 Å². The van der Waals surface area contributed by atoms with Crippen molar-refractivity contribution in [3.63, 3.8) is 0 Å². The molecule has 1 heterocycles. The standard InChI is InChI=1S/C13H13IN2OS/c1-3-18-10-6-4-9(5-7-10)12-15-8(2)11(14)13(17)16-12/h4-7H,3H2,1-2H3,(H,15,16,17). The predicted molar refractivity (Wildman–Crippen MR) is 84.1 cm³/mol. The summed E-state index contributed by atoms with van der Waals surface area (Å²) in [5.41, 5.74) is 1.62. The Morgan fingerprint density at radius 1 is 1.33 bits per heavy atom. The lowest BCUT2D eigenvalue weighted by atomic mass is 10.2. The molecule has 2 rings (SSSR count). The first kappa shape index (κ1) is 13.6. The molecule has 0 aliphatic rings. The minimum atomic E-state index is -0.0786. The number of aromatic nitrogens is 2. The molecular formula is C13H13IN2OS. The van der Waals surface area contributed by atoms with Gasteiger partial charge in [-0.2, -0.15) is 0 Å². The maximum Gasteiger partial charge on any atom is 0.264 e. The van der Waals surface area contributed by atoms with Gasteiger partial charge in [0.1, 0.15) is 5.82 Å². The Bertz CT molecular complexity index is 607. The molecule has 0 atom stereocenters. The Morgan fingerprint density at radius 2 is 2.00 bits per heavy atom. The lowest BCUT2D eigenvalue weighted by molar-refractivity contribution is 1.05. The van der Waals surface area contributed by atoms with E-state index in [1.165, 1.54) is 4.90 Å². The Kier molecular flexibility index (Phi) is 4.45. The monoisotopic (exact) mass is 372 g/mol. The minimum Gasteiger partial charge on any atom is -0.306 e. The lowest BCUT2D eigenvalue weighted by Crippen LogP contribution is -2.14. The quantitative estimate of drug-likeness (QED) is 0.663. The van der Waals surface area contributed by atoms with Crippen LogP contribution >= 0.6 is 34.4 Å². The van der Waals surface area contributed by atoms with Gasteiger partial charge in [0.2, 0.25) is 0 Å². The average Bonchev–Trinajstić information content (AvgIpc) is 2.37. The number of benzene rings is 1. The number of aryl methyl sites for hydroxylation is 1. The Hall–Kier alpha value is -0.820. The molecule has 1 N–H and O–H groups in total. The summed E-state index contributed by atoms with van der Waals surface area (Å²) in [4.78, 5) is 20.1. The topological polar surface area (TPSA) is 45.8 Å². The summed E-state index contributed by atoms with van der Waals surface area (Å²) in [5, 5.41) is 0. The highest BCUT2D eigenvalue weighted by Crippen LogP contribution is 2.21. The van der Waals surface area contributed by atoms with Crippen molar-refractivity contribution in [1.29, 1.82) is 0 Å². The van der Waals surface area contributed by atoms with Gasteiger partial charge >= 0.3 is 0 Å². The zero-order valence-electron chi connectivity index (χ0n) is 10.2. The number of nitrogens with one attached hydrogen (secondary N) is 1. The maximum absolute atomic E-state index is 11.7. The fraction of sp³-hybridized carbons (Fsp3) is 0.231. The van der Waals surface area contributed by atoms with Gasteiger partial charge < -0.3 is 4.98 Å². The molecule has 18 heavy (non-hydrogen) atoms. The summed E-state index contributed by atoms with van der Waals surface area (Å²) in [7, 11) is 0. The first-order valence-corrected chi connectivity index (χ1v) is 7.68. The first-order chi connectivity index (χ1) is 8.61. The van der Waals surface area contributed by atoms with Gasteiger partial charge in [-0.15, -0.1) is 11.8 Å². The van der Waals surface area contributed by atoms with Crippen LogP contribution in [-0.2, 0) is 0 Å². The van der Waals surface area contributed by atoms with E-state index in [2.05, 4.69) is 29.0 Å². The van der Waals surface area contributed by atoms with E-state index >= 15 is 0 Å². The predicted octanol–water partition coefficient (Wildman–Crippen LogP) is 3.46. The zero-order valence-corrected chi connectivity index (χ0v) is 13.1. The Morgan fingerprint density at radius 3 is 2.56 bits per heavy atom. The number of hydrogen-bond donors (Lipinski definition) is 1. The molecule has 0 saturated heterocycles. The SMILES string of the molecule is CCSc1ccc(-c2nc(C)c(I)c(=O)[nH]2)cc1. The summed E-state index contributed by atoms with van der Waals surface area (Å²) in [6, 6.07) is 8.08. The van der Waals surface area contributed by atoms with Crippen LogP contribution < -0.4 is 5.56 Å². The molecule has 1 aromatic heterocycles. The van der Waals surface area contributed by atoms with Crippen LogP contribution in [0.25, 0.3) is 11.4 Å². The molecule has 0 bridgehead atoms. The van der Waals surface area contributed by atoms with Crippen LogP contribution in [0.3, 0.4) is 0 Å². The van der Waals surface area contributed by atoms with Gasteiger partial charge in [-0.25, -0.2) is 4.98 Å². The molecule has 2 aromatic rings. The third-order valence-corrected chi connectivity index (χ3v) is 4.63. The van der Waals surface area contributed by atoms with Crippen molar-refractivity contribution in [1.82, 2.24) is 9.97 Å². The van der Waals surface area contributed by atoms with Crippen molar-refractivity contribution in [3.8, 4) is 11.4 Å². The number of aromatic amines is 1. The van der Waals surface area contributed by atoms with Gasteiger partial charge in [0.15, 0.2) is 0 Å². The van der Waals surface area contributed by atoms with E-state index < -0.39 is 0 Å². The fourth-order valence-electron chi connectivity index (χ4n) is 1.58. The average molecular weight is 372 g/mol. The van der Waals surface area contributed by atoms with E-state index in [0.29, 0.717) is 9.39 Å². The third kappa shape index (κ3) is 2.95. The number of hydrogen-bond acceptors (Lipinski definition) is 3. The second-order valence-electron chi connectivity index (χ2n) is 3.77. The normalized spacial score (nSPS) is 10.6. The van der Waals surface area contributed by atoms with E-state index in [0.717, 1.165) is 17.0 Å². The van der Waals surface area contributed by atoms with Crippen molar-refractivity contribution in [2.75, 3.05) is 5.75 Å². The lowest BCUT2D eigenvalue weighted by Gasteiger charge is -2.04.